The number of ether oxygens (including phenoxy) is 1. The van der Waals surface area contributed by atoms with E-state index in [4.69, 9.17) is 4.74 Å². The van der Waals surface area contributed by atoms with Gasteiger partial charge in [-0.2, -0.15) is 0 Å². The summed E-state index contributed by atoms with van der Waals surface area (Å²) in [6.45, 7) is 15.8. The number of aromatic hydroxyl groups is 1. The molecule has 0 spiro atoms. The zero-order valence-corrected chi connectivity index (χ0v) is 14.6. The molecule has 0 bridgehead atoms. The van der Waals surface area contributed by atoms with Gasteiger partial charge in [-0.1, -0.05) is 60.3 Å². The standard InChI is InChI=1S/C19H28O3/c1-8-22-16(20)10-9-13-11-14(18(2,3)4)17(21)15(12-13)19(5,6)7/h8,11-12,21H,1,9-10H2,2-7H3. The van der Waals surface area contributed by atoms with Crippen molar-refractivity contribution in [1.29, 1.82) is 0 Å². The van der Waals surface area contributed by atoms with E-state index in [1.165, 1.54) is 0 Å². The van der Waals surface area contributed by atoms with Crippen molar-refractivity contribution in [1.82, 2.24) is 0 Å². The number of carbonyl (C=O) groups excluding carboxylic acids is 1. The van der Waals surface area contributed by atoms with E-state index in [9.17, 15) is 9.90 Å². The van der Waals surface area contributed by atoms with Gasteiger partial charge >= 0.3 is 5.97 Å². The number of aryl methyl sites for hydroxylation is 1. The number of hydrogen-bond acceptors (Lipinski definition) is 3. The summed E-state index contributed by atoms with van der Waals surface area (Å²) < 4.78 is 4.76. The van der Waals surface area contributed by atoms with Crippen molar-refractivity contribution in [2.24, 2.45) is 0 Å². The van der Waals surface area contributed by atoms with E-state index in [0.29, 0.717) is 18.6 Å². The molecule has 3 nitrogen and oxygen atoms in total. The third kappa shape index (κ3) is 4.62. The van der Waals surface area contributed by atoms with Crippen LogP contribution >= 0.6 is 0 Å². The third-order valence-corrected chi connectivity index (χ3v) is 3.62. The molecule has 1 aromatic carbocycles. The molecule has 0 saturated carbocycles. The SMILES string of the molecule is C=COC(=O)CCc1cc(C(C)(C)C)c(O)c(C(C)(C)C)c1. The van der Waals surface area contributed by atoms with Crippen molar-refractivity contribution in [2.45, 2.75) is 65.2 Å². The molecular weight excluding hydrogens is 276 g/mol. The first-order chi connectivity index (χ1) is 9.96. The fourth-order valence-electron chi connectivity index (χ4n) is 2.38. The lowest BCUT2D eigenvalue weighted by molar-refractivity contribution is -0.137. The minimum absolute atomic E-state index is 0.165. The van der Waals surface area contributed by atoms with Crippen LogP contribution in [0.5, 0.6) is 5.75 Å². The van der Waals surface area contributed by atoms with Crippen LogP contribution < -0.4 is 0 Å². The van der Waals surface area contributed by atoms with Crippen LogP contribution in [0.3, 0.4) is 0 Å². The zero-order valence-electron chi connectivity index (χ0n) is 14.6. The molecule has 0 saturated heterocycles. The zero-order chi connectivity index (χ0) is 17.1. The van der Waals surface area contributed by atoms with Crippen LogP contribution in [0.15, 0.2) is 25.0 Å². The molecule has 0 aliphatic heterocycles. The van der Waals surface area contributed by atoms with E-state index in [2.05, 4.69) is 48.1 Å². The number of phenols is 1. The number of benzene rings is 1. The van der Waals surface area contributed by atoms with Crippen molar-refractivity contribution in [3.63, 3.8) is 0 Å². The predicted octanol–water partition coefficient (Wildman–Crippen LogP) is 4.61. The lowest BCUT2D eigenvalue weighted by atomic mass is 9.78. The second-order valence-electron chi connectivity index (χ2n) is 7.70. The van der Waals surface area contributed by atoms with Crippen LogP contribution in [-0.2, 0) is 26.8 Å². The fraction of sp³-hybridized carbons (Fsp3) is 0.526. The maximum Gasteiger partial charge on any atom is 0.310 e. The Morgan fingerprint density at radius 1 is 1.14 bits per heavy atom. The Morgan fingerprint density at radius 2 is 1.59 bits per heavy atom. The molecule has 0 aliphatic rings. The minimum atomic E-state index is -0.294. The highest BCUT2D eigenvalue weighted by Crippen LogP contribution is 2.39. The summed E-state index contributed by atoms with van der Waals surface area (Å²) in [6, 6.07) is 3.98. The molecule has 0 unspecified atom stereocenters. The lowest BCUT2D eigenvalue weighted by Gasteiger charge is -2.28. The van der Waals surface area contributed by atoms with Crippen molar-refractivity contribution < 1.29 is 14.6 Å². The number of carbonyl (C=O) groups is 1. The Bertz CT molecular complexity index is 522. The van der Waals surface area contributed by atoms with E-state index in [1.54, 1.807) is 0 Å². The molecule has 0 aliphatic carbocycles. The van der Waals surface area contributed by atoms with Gasteiger partial charge in [0, 0.05) is 6.42 Å². The van der Waals surface area contributed by atoms with Crippen LogP contribution in [-0.4, -0.2) is 11.1 Å². The van der Waals surface area contributed by atoms with Crippen LogP contribution in [0, 0.1) is 0 Å². The average Bonchev–Trinajstić information content (AvgIpc) is 2.35. The summed E-state index contributed by atoms with van der Waals surface area (Å²) in [6.07, 6.45) is 2.03. The molecule has 1 rings (SSSR count). The second-order valence-corrected chi connectivity index (χ2v) is 7.70. The van der Waals surface area contributed by atoms with E-state index >= 15 is 0 Å². The summed E-state index contributed by atoms with van der Waals surface area (Å²) in [5, 5.41) is 10.6. The maximum atomic E-state index is 11.5. The quantitative estimate of drug-likeness (QED) is 0.653. The fourth-order valence-corrected chi connectivity index (χ4v) is 2.38. The Labute approximate surface area is 134 Å². The molecule has 0 atom stereocenters. The summed E-state index contributed by atoms with van der Waals surface area (Å²) in [5.41, 5.74) is 2.52. The number of hydrogen-bond donors (Lipinski definition) is 1. The summed E-state index contributed by atoms with van der Waals surface area (Å²) >= 11 is 0. The molecule has 0 fully saturated rings. The van der Waals surface area contributed by atoms with Gasteiger partial charge in [-0.3, -0.25) is 4.79 Å². The van der Waals surface area contributed by atoms with Crippen molar-refractivity contribution in [2.75, 3.05) is 0 Å². The Hall–Kier alpha value is -1.77. The van der Waals surface area contributed by atoms with Gasteiger partial charge in [0.25, 0.3) is 0 Å². The van der Waals surface area contributed by atoms with Crippen molar-refractivity contribution in [3.05, 3.63) is 41.7 Å². The molecule has 0 radical (unpaired) electrons. The molecule has 122 valence electrons. The van der Waals surface area contributed by atoms with Crippen molar-refractivity contribution >= 4 is 5.97 Å². The van der Waals surface area contributed by atoms with Gasteiger partial charge in [0.15, 0.2) is 0 Å². The summed E-state index contributed by atoms with van der Waals surface area (Å²) in [4.78, 5) is 11.5. The van der Waals surface area contributed by atoms with E-state index in [-0.39, 0.29) is 16.8 Å². The third-order valence-electron chi connectivity index (χ3n) is 3.62. The smallest absolute Gasteiger partial charge is 0.310 e. The first-order valence-electron chi connectivity index (χ1n) is 7.64. The van der Waals surface area contributed by atoms with Gasteiger partial charge in [-0.15, -0.1) is 0 Å². The highest BCUT2D eigenvalue weighted by atomic mass is 16.5. The van der Waals surface area contributed by atoms with Gasteiger partial charge in [-0.25, -0.2) is 0 Å². The van der Waals surface area contributed by atoms with Gasteiger partial charge in [0.2, 0.25) is 0 Å². The monoisotopic (exact) mass is 304 g/mol. The summed E-state index contributed by atoms with van der Waals surface area (Å²) in [7, 11) is 0. The highest BCUT2D eigenvalue weighted by Gasteiger charge is 2.26. The van der Waals surface area contributed by atoms with Gasteiger partial charge < -0.3 is 9.84 Å². The first kappa shape index (κ1) is 18.3. The maximum absolute atomic E-state index is 11.5. The Morgan fingerprint density at radius 3 is 1.95 bits per heavy atom. The van der Waals surface area contributed by atoms with Gasteiger partial charge in [-0.05, 0) is 33.9 Å². The van der Waals surface area contributed by atoms with Crippen LogP contribution in [0.2, 0.25) is 0 Å². The number of esters is 1. The van der Waals surface area contributed by atoms with Crippen LogP contribution in [0.1, 0.15) is 64.7 Å². The second kappa shape index (κ2) is 6.55. The van der Waals surface area contributed by atoms with Crippen molar-refractivity contribution in [3.8, 4) is 5.75 Å². The van der Waals surface area contributed by atoms with Gasteiger partial charge in [0.1, 0.15) is 5.75 Å². The minimum Gasteiger partial charge on any atom is -0.507 e. The molecule has 0 amide bonds. The molecule has 0 heterocycles. The number of phenolic OH excluding ortho intramolecular Hbond substituents is 1. The molecule has 1 aromatic rings. The van der Waals surface area contributed by atoms with Crippen LogP contribution in [0.25, 0.3) is 0 Å². The molecule has 0 aromatic heterocycles. The van der Waals surface area contributed by atoms with E-state index < -0.39 is 0 Å². The molecular formula is C19H28O3. The highest BCUT2D eigenvalue weighted by molar-refractivity contribution is 5.70. The topological polar surface area (TPSA) is 46.5 Å². The summed E-state index contributed by atoms with van der Waals surface area (Å²) in [5.74, 6) is 0.0649. The Balaban J connectivity index is 3.24. The molecule has 22 heavy (non-hydrogen) atoms. The van der Waals surface area contributed by atoms with Crippen LogP contribution in [0.4, 0.5) is 0 Å². The van der Waals surface area contributed by atoms with E-state index in [1.807, 2.05) is 12.1 Å². The largest absolute Gasteiger partial charge is 0.507 e. The average molecular weight is 304 g/mol. The Kier molecular flexibility index (Phi) is 5.44. The lowest BCUT2D eigenvalue weighted by Crippen LogP contribution is -2.18. The predicted molar refractivity (Wildman–Crippen MR) is 90.1 cm³/mol. The number of rotatable bonds is 4. The molecule has 3 heteroatoms. The van der Waals surface area contributed by atoms with Gasteiger partial charge in [0.05, 0.1) is 6.26 Å². The normalized spacial score (nSPS) is 12.1. The first-order valence-corrected chi connectivity index (χ1v) is 7.64. The van der Waals surface area contributed by atoms with E-state index in [0.717, 1.165) is 23.0 Å². The molecule has 1 N–H and O–H groups in total.